The van der Waals surface area contributed by atoms with Gasteiger partial charge in [-0.3, -0.25) is 4.79 Å². The SMILES string of the molecule is COc1ccc(-[n+]2noc([O-])c2SCC(=O)Nc2ccc(Cl)cc2)cc1. The fraction of sp³-hybridized carbons (Fsp3) is 0.118. The van der Waals surface area contributed by atoms with Crippen molar-refractivity contribution < 1.29 is 23.8 Å². The van der Waals surface area contributed by atoms with Crippen LogP contribution in [0.2, 0.25) is 5.02 Å². The highest BCUT2D eigenvalue weighted by Gasteiger charge is 2.22. The number of nitrogens with one attached hydrogen (secondary N) is 1. The van der Waals surface area contributed by atoms with Gasteiger partial charge in [-0.1, -0.05) is 11.6 Å². The van der Waals surface area contributed by atoms with Crippen molar-refractivity contribution in [2.75, 3.05) is 18.2 Å². The summed E-state index contributed by atoms with van der Waals surface area (Å²) in [5.74, 6) is -0.170. The highest BCUT2D eigenvalue weighted by molar-refractivity contribution is 7.99. The van der Waals surface area contributed by atoms with E-state index in [0.29, 0.717) is 22.1 Å². The molecular weight excluding hydrogens is 378 g/mol. The monoisotopic (exact) mass is 391 g/mol. The second kappa shape index (κ2) is 8.11. The topological polar surface area (TPSA) is 91.3 Å². The Balaban J connectivity index is 1.68. The zero-order valence-electron chi connectivity index (χ0n) is 13.6. The van der Waals surface area contributed by atoms with Crippen molar-refractivity contribution in [2.24, 2.45) is 0 Å². The summed E-state index contributed by atoms with van der Waals surface area (Å²) >= 11 is 6.85. The zero-order valence-corrected chi connectivity index (χ0v) is 15.2. The third-order valence-corrected chi connectivity index (χ3v) is 4.63. The quantitative estimate of drug-likeness (QED) is 0.512. The Hall–Kier alpha value is -2.71. The Morgan fingerprint density at radius 1 is 1.27 bits per heavy atom. The number of nitrogens with zero attached hydrogens (tertiary/aromatic N) is 2. The van der Waals surface area contributed by atoms with Crippen LogP contribution in [0.25, 0.3) is 5.69 Å². The number of thioether (sulfide) groups is 1. The fourth-order valence-electron chi connectivity index (χ4n) is 2.11. The van der Waals surface area contributed by atoms with Gasteiger partial charge < -0.3 is 19.7 Å². The van der Waals surface area contributed by atoms with Gasteiger partial charge in [0.15, 0.2) is 5.95 Å². The molecule has 3 rings (SSSR count). The lowest BCUT2D eigenvalue weighted by Gasteiger charge is -2.04. The Labute approximate surface area is 158 Å². The zero-order chi connectivity index (χ0) is 18.5. The second-order valence-electron chi connectivity index (χ2n) is 5.12. The Bertz CT molecular complexity index is 897. The molecule has 7 nitrogen and oxygen atoms in total. The number of benzene rings is 2. The molecule has 0 aliphatic carbocycles. The van der Waals surface area contributed by atoms with Gasteiger partial charge in [-0.05, 0) is 52.8 Å². The van der Waals surface area contributed by atoms with Crippen LogP contribution >= 0.6 is 23.4 Å². The molecule has 0 saturated carbocycles. The summed E-state index contributed by atoms with van der Waals surface area (Å²) < 4.78 is 11.2. The van der Waals surface area contributed by atoms with Gasteiger partial charge in [0, 0.05) is 22.8 Å². The maximum Gasteiger partial charge on any atom is 0.298 e. The molecule has 134 valence electrons. The van der Waals surface area contributed by atoms with E-state index in [1.54, 1.807) is 55.6 Å². The molecule has 1 N–H and O–H groups in total. The molecule has 2 aromatic carbocycles. The number of amides is 1. The van der Waals surface area contributed by atoms with Crippen molar-refractivity contribution in [3.63, 3.8) is 0 Å². The molecule has 1 heterocycles. The molecule has 1 amide bonds. The first-order valence-corrected chi connectivity index (χ1v) is 8.85. The Morgan fingerprint density at radius 3 is 2.62 bits per heavy atom. The summed E-state index contributed by atoms with van der Waals surface area (Å²) in [6.07, 6.45) is 0. The standard InChI is InChI=1S/C17H14ClN3O4S/c1-24-14-8-6-13(7-9-14)21-16(17(23)25-20-21)26-10-15(22)19-12-4-2-11(18)3-5-12/h2-9H,10H2,1H3,(H-,19,20,22,23). The Morgan fingerprint density at radius 2 is 1.96 bits per heavy atom. The second-order valence-corrected chi connectivity index (χ2v) is 6.52. The predicted molar refractivity (Wildman–Crippen MR) is 94.8 cm³/mol. The molecule has 0 aliphatic rings. The first kappa shape index (κ1) is 18.1. The molecule has 0 radical (unpaired) electrons. The normalized spacial score (nSPS) is 10.5. The smallest absolute Gasteiger partial charge is 0.298 e. The number of anilines is 1. The first-order chi connectivity index (χ1) is 12.6. The van der Waals surface area contributed by atoms with Crippen molar-refractivity contribution in [3.05, 3.63) is 53.6 Å². The minimum absolute atomic E-state index is 0.0231. The summed E-state index contributed by atoms with van der Waals surface area (Å²) in [7, 11) is 1.56. The van der Waals surface area contributed by atoms with Gasteiger partial charge in [0.05, 0.1) is 18.1 Å². The maximum absolute atomic E-state index is 12.1. The summed E-state index contributed by atoms with van der Waals surface area (Å²) in [5, 5.41) is 19.2. The van der Waals surface area contributed by atoms with Crippen LogP contribution in [0.4, 0.5) is 5.69 Å². The number of hydrogen-bond acceptors (Lipinski definition) is 6. The number of carbonyl (C=O) groups excluding carboxylic acids is 1. The molecular formula is C17H14ClN3O4S. The molecule has 3 aromatic rings. The number of carbonyl (C=O) groups is 1. The van der Waals surface area contributed by atoms with Crippen LogP contribution in [-0.2, 0) is 4.79 Å². The maximum atomic E-state index is 12.1. The van der Waals surface area contributed by atoms with Crippen LogP contribution in [-0.4, -0.2) is 24.0 Å². The minimum atomic E-state index is -0.606. The molecule has 0 unspecified atom stereocenters. The third-order valence-electron chi connectivity index (χ3n) is 3.36. The van der Waals surface area contributed by atoms with E-state index in [1.807, 2.05) is 0 Å². The van der Waals surface area contributed by atoms with Crippen LogP contribution in [0.5, 0.6) is 11.7 Å². The van der Waals surface area contributed by atoms with Crippen molar-refractivity contribution >= 4 is 35.0 Å². The van der Waals surface area contributed by atoms with E-state index in [9.17, 15) is 9.90 Å². The van der Waals surface area contributed by atoms with E-state index in [2.05, 4.69) is 10.6 Å². The Kier molecular flexibility index (Phi) is 5.65. The highest BCUT2D eigenvalue weighted by Crippen LogP contribution is 2.24. The van der Waals surface area contributed by atoms with E-state index in [4.69, 9.17) is 20.9 Å². The van der Waals surface area contributed by atoms with Crippen LogP contribution in [0, 0.1) is 0 Å². The lowest BCUT2D eigenvalue weighted by atomic mass is 10.3. The average molecular weight is 392 g/mol. The van der Waals surface area contributed by atoms with Crippen LogP contribution in [0.15, 0.2) is 58.1 Å². The fourth-order valence-corrected chi connectivity index (χ4v) is 2.99. The third kappa shape index (κ3) is 4.27. The summed E-state index contributed by atoms with van der Waals surface area (Å²) in [6, 6.07) is 13.7. The van der Waals surface area contributed by atoms with Gasteiger partial charge in [0.25, 0.3) is 5.03 Å². The van der Waals surface area contributed by atoms with E-state index >= 15 is 0 Å². The summed E-state index contributed by atoms with van der Waals surface area (Å²) in [6.45, 7) is 0. The average Bonchev–Trinajstić information content (AvgIpc) is 3.02. The van der Waals surface area contributed by atoms with E-state index in [1.165, 1.54) is 4.68 Å². The molecule has 0 fully saturated rings. The van der Waals surface area contributed by atoms with Gasteiger partial charge in [-0.15, -0.1) is 0 Å². The van der Waals surface area contributed by atoms with Gasteiger partial charge in [-0.2, -0.15) is 0 Å². The van der Waals surface area contributed by atoms with E-state index in [0.717, 1.165) is 11.8 Å². The molecule has 9 heteroatoms. The molecule has 0 aliphatic heterocycles. The number of aromatic nitrogens is 2. The molecule has 26 heavy (non-hydrogen) atoms. The number of halogens is 1. The van der Waals surface area contributed by atoms with Gasteiger partial charge in [-0.25, -0.2) is 0 Å². The van der Waals surface area contributed by atoms with Crippen molar-refractivity contribution in [1.29, 1.82) is 0 Å². The number of ether oxygens (including phenoxy) is 1. The lowest BCUT2D eigenvalue weighted by molar-refractivity contribution is -0.705. The molecule has 0 bridgehead atoms. The molecule has 0 saturated heterocycles. The number of hydrogen-bond donors (Lipinski definition) is 1. The summed E-state index contributed by atoms with van der Waals surface area (Å²) in [5.41, 5.74) is 1.24. The number of rotatable bonds is 6. The molecule has 0 spiro atoms. The van der Waals surface area contributed by atoms with Crippen molar-refractivity contribution in [3.8, 4) is 17.4 Å². The molecule has 0 atom stereocenters. The summed E-state index contributed by atoms with van der Waals surface area (Å²) in [4.78, 5) is 12.1. The predicted octanol–water partition coefficient (Wildman–Crippen LogP) is 2.42. The van der Waals surface area contributed by atoms with Gasteiger partial charge in [0.1, 0.15) is 5.75 Å². The van der Waals surface area contributed by atoms with Crippen molar-refractivity contribution in [2.45, 2.75) is 5.03 Å². The van der Waals surface area contributed by atoms with Crippen LogP contribution in [0.1, 0.15) is 0 Å². The number of methoxy groups -OCH3 is 1. The van der Waals surface area contributed by atoms with Crippen LogP contribution in [0.3, 0.4) is 0 Å². The van der Waals surface area contributed by atoms with E-state index in [-0.39, 0.29) is 16.7 Å². The largest absolute Gasteiger partial charge is 0.538 e. The first-order valence-electron chi connectivity index (χ1n) is 7.48. The highest BCUT2D eigenvalue weighted by atomic mass is 35.5. The lowest BCUT2D eigenvalue weighted by Crippen LogP contribution is -2.35. The molecule has 1 aromatic heterocycles. The minimum Gasteiger partial charge on any atom is -0.538 e. The van der Waals surface area contributed by atoms with Gasteiger partial charge >= 0.3 is 0 Å². The van der Waals surface area contributed by atoms with Gasteiger partial charge in [0.2, 0.25) is 11.6 Å². The van der Waals surface area contributed by atoms with Crippen LogP contribution < -0.4 is 19.8 Å². The van der Waals surface area contributed by atoms with Crippen molar-refractivity contribution in [1.82, 2.24) is 5.27 Å². The van der Waals surface area contributed by atoms with E-state index < -0.39 is 5.95 Å².